The van der Waals surface area contributed by atoms with Crippen LogP contribution in [-0.2, 0) is 16.0 Å². The molecule has 1 unspecified atom stereocenters. The molecule has 0 bridgehead atoms. The second kappa shape index (κ2) is 9.71. The molecular formula is C17H27ClN2O4. The summed E-state index contributed by atoms with van der Waals surface area (Å²) in [6.07, 6.45) is 2.43. The van der Waals surface area contributed by atoms with Crippen LogP contribution >= 0.6 is 12.4 Å². The van der Waals surface area contributed by atoms with E-state index in [-0.39, 0.29) is 23.9 Å². The first-order valence-corrected chi connectivity index (χ1v) is 7.84. The molecule has 0 aromatic heterocycles. The smallest absolute Gasteiger partial charge is 0.224 e. The van der Waals surface area contributed by atoms with E-state index in [1.807, 2.05) is 18.2 Å². The normalized spacial score (nSPS) is 19.5. The number of rotatable bonds is 8. The van der Waals surface area contributed by atoms with E-state index in [1.165, 1.54) is 0 Å². The molecule has 1 saturated heterocycles. The molecule has 1 aliphatic rings. The van der Waals surface area contributed by atoms with Crippen molar-refractivity contribution in [3.8, 4) is 11.5 Å². The number of hydrogen-bond acceptors (Lipinski definition) is 5. The molecule has 1 aromatic rings. The molecule has 2 rings (SSSR count). The van der Waals surface area contributed by atoms with Gasteiger partial charge in [0.05, 0.1) is 32.8 Å². The first-order chi connectivity index (χ1) is 11.1. The number of carbonyl (C=O) groups is 1. The number of hydrogen-bond donors (Lipinski definition) is 2. The van der Waals surface area contributed by atoms with Gasteiger partial charge >= 0.3 is 0 Å². The van der Waals surface area contributed by atoms with Gasteiger partial charge in [0.15, 0.2) is 11.5 Å². The highest BCUT2D eigenvalue weighted by Crippen LogP contribution is 2.27. The Labute approximate surface area is 149 Å². The van der Waals surface area contributed by atoms with Crippen LogP contribution in [0.4, 0.5) is 0 Å². The van der Waals surface area contributed by atoms with Crippen molar-refractivity contribution in [1.29, 1.82) is 0 Å². The molecule has 1 aliphatic heterocycles. The zero-order valence-corrected chi connectivity index (χ0v) is 15.3. The highest BCUT2D eigenvalue weighted by atomic mass is 35.5. The van der Waals surface area contributed by atoms with E-state index >= 15 is 0 Å². The number of benzene rings is 1. The molecule has 1 heterocycles. The fourth-order valence-corrected chi connectivity index (χ4v) is 2.98. The lowest BCUT2D eigenvalue weighted by molar-refractivity contribution is -0.120. The molecule has 0 aliphatic carbocycles. The predicted octanol–water partition coefficient (Wildman–Crippen LogP) is 1.55. The van der Waals surface area contributed by atoms with Gasteiger partial charge in [-0.15, -0.1) is 12.4 Å². The van der Waals surface area contributed by atoms with Crippen molar-refractivity contribution in [2.75, 3.05) is 41.0 Å². The molecule has 1 amide bonds. The first kappa shape index (κ1) is 20.5. The number of halogens is 1. The molecule has 1 aromatic carbocycles. The van der Waals surface area contributed by atoms with E-state index in [1.54, 1.807) is 21.3 Å². The molecule has 1 atom stereocenters. The van der Waals surface area contributed by atoms with Crippen molar-refractivity contribution < 1.29 is 19.0 Å². The van der Waals surface area contributed by atoms with Crippen LogP contribution < -0.4 is 20.1 Å². The molecule has 2 N–H and O–H groups in total. The van der Waals surface area contributed by atoms with Crippen LogP contribution in [0.2, 0.25) is 0 Å². The largest absolute Gasteiger partial charge is 0.493 e. The molecule has 0 spiro atoms. The van der Waals surface area contributed by atoms with Crippen molar-refractivity contribution in [3.05, 3.63) is 23.8 Å². The van der Waals surface area contributed by atoms with Gasteiger partial charge in [-0.2, -0.15) is 0 Å². The molecule has 6 nitrogen and oxygen atoms in total. The van der Waals surface area contributed by atoms with Crippen LogP contribution in [0.3, 0.4) is 0 Å². The third-order valence-corrected chi connectivity index (χ3v) is 4.19. The van der Waals surface area contributed by atoms with Gasteiger partial charge in [-0.25, -0.2) is 0 Å². The maximum atomic E-state index is 12.2. The zero-order valence-electron chi connectivity index (χ0n) is 14.5. The second-order valence-electron chi connectivity index (χ2n) is 5.89. The third-order valence-electron chi connectivity index (χ3n) is 4.19. The lowest BCUT2D eigenvalue weighted by atomic mass is 9.98. The molecule has 1 fully saturated rings. The Hall–Kier alpha value is -1.50. The summed E-state index contributed by atoms with van der Waals surface area (Å²) in [5.74, 6) is 1.28. The van der Waals surface area contributed by atoms with Crippen molar-refractivity contribution in [2.24, 2.45) is 0 Å². The molecule has 7 heteroatoms. The Bertz CT molecular complexity index is 533. The number of nitrogens with one attached hydrogen (secondary N) is 2. The summed E-state index contributed by atoms with van der Waals surface area (Å²) in [6, 6.07) is 5.52. The standard InChI is InChI=1S/C17H26N2O4.ClH/c1-21-12-17(7-4-8-19-17)11-18-16(20)10-13-5-6-14(22-2)15(9-13)23-3;/h5-6,9,19H,4,7-8,10-12H2,1-3H3,(H,18,20);1H. The van der Waals surface area contributed by atoms with Crippen molar-refractivity contribution in [1.82, 2.24) is 10.6 Å². The topological polar surface area (TPSA) is 68.8 Å². The predicted molar refractivity (Wildman–Crippen MR) is 95.4 cm³/mol. The Morgan fingerprint density at radius 3 is 2.58 bits per heavy atom. The van der Waals surface area contributed by atoms with E-state index in [0.717, 1.165) is 24.9 Å². The van der Waals surface area contributed by atoms with E-state index in [9.17, 15) is 4.79 Å². The fourth-order valence-electron chi connectivity index (χ4n) is 2.98. The SMILES string of the molecule is COCC1(CNC(=O)Cc2ccc(OC)c(OC)c2)CCCN1.Cl. The van der Waals surface area contributed by atoms with Crippen molar-refractivity contribution in [3.63, 3.8) is 0 Å². The lowest BCUT2D eigenvalue weighted by Crippen LogP contribution is -2.53. The number of methoxy groups -OCH3 is 3. The summed E-state index contributed by atoms with van der Waals surface area (Å²) >= 11 is 0. The summed E-state index contributed by atoms with van der Waals surface area (Å²) in [6.45, 7) is 2.14. The van der Waals surface area contributed by atoms with Crippen molar-refractivity contribution >= 4 is 18.3 Å². The minimum Gasteiger partial charge on any atom is -0.493 e. The average molecular weight is 359 g/mol. The highest BCUT2D eigenvalue weighted by Gasteiger charge is 2.33. The Morgan fingerprint density at radius 1 is 1.25 bits per heavy atom. The van der Waals surface area contributed by atoms with Crippen LogP contribution in [0.5, 0.6) is 11.5 Å². The molecule has 24 heavy (non-hydrogen) atoms. The summed E-state index contributed by atoms with van der Waals surface area (Å²) < 4.78 is 15.8. The van der Waals surface area contributed by atoms with Gasteiger partial charge in [0.2, 0.25) is 5.91 Å². The fraction of sp³-hybridized carbons (Fsp3) is 0.588. The van der Waals surface area contributed by atoms with Crippen LogP contribution in [0.1, 0.15) is 18.4 Å². The summed E-state index contributed by atoms with van der Waals surface area (Å²) in [7, 11) is 4.86. The third kappa shape index (κ3) is 5.26. The monoisotopic (exact) mass is 358 g/mol. The van der Waals surface area contributed by atoms with E-state index in [0.29, 0.717) is 31.1 Å². The lowest BCUT2D eigenvalue weighted by Gasteiger charge is -2.29. The minimum absolute atomic E-state index is 0. The van der Waals surface area contributed by atoms with Gasteiger partial charge in [0.25, 0.3) is 0 Å². The maximum Gasteiger partial charge on any atom is 0.224 e. The van der Waals surface area contributed by atoms with Gasteiger partial charge < -0.3 is 24.8 Å². The van der Waals surface area contributed by atoms with E-state index in [4.69, 9.17) is 14.2 Å². The average Bonchev–Trinajstić information content (AvgIpc) is 3.02. The van der Waals surface area contributed by atoms with Gasteiger partial charge in [0.1, 0.15) is 0 Å². The van der Waals surface area contributed by atoms with Crippen LogP contribution in [0.25, 0.3) is 0 Å². The molecular weight excluding hydrogens is 332 g/mol. The Morgan fingerprint density at radius 2 is 2.00 bits per heavy atom. The van der Waals surface area contributed by atoms with Crippen LogP contribution in [0.15, 0.2) is 18.2 Å². The van der Waals surface area contributed by atoms with Gasteiger partial charge in [-0.3, -0.25) is 4.79 Å². The second-order valence-corrected chi connectivity index (χ2v) is 5.89. The summed E-state index contributed by atoms with van der Waals surface area (Å²) in [4.78, 5) is 12.2. The van der Waals surface area contributed by atoms with Gasteiger partial charge in [-0.05, 0) is 37.1 Å². The highest BCUT2D eigenvalue weighted by molar-refractivity contribution is 5.85. The zero-order chi connectivity index (χ0) is 16.7. The van der Waals surface area contributed by atoms with Gasteiger partial charge in [0, 0.05) is 13.7 Å². The number of ether oxygens (including phenoxy) is 3. The van der Waals surface area contributed by atoms with E-state index in [2.05, 4.69) is 10.6 Å². The van der Waals surface area contributed by atoms with Crippen LogP contribution in [-0.4, -0.2) is 52.5 Å². The summed E-state index contributed by atoms with van der Waals surface area (Å²) in [5.41, 5.74) is 0.752. The van der Waals surface area contributed by atoms with Gasteiger partial charge in [-0.1, -0.05) is 6.07 Å². The first-order valence-electron chi connectivity index (χ1n) is 7.84. The molecule has 0 saturated carbocycles. The number of carbonyl (C=O) groups excluding carboxylic acids is 1. The molecule has 136 valence electrons. The number of amides is 1. The Balaban J connectivity index is 0.00000288. The Kier molecular flexibility index (Phi) is 8.31. The van der Waals surface area contributed by atoms with E-state index < -0.39 is 0 Å². The maximum absolute atomic E-state index is 12.2. The van der Waals surface area contributed by atoms with Crippen LogP contribution in [0, 0.1) is 0 Å². The van der Waals surface area contributed by atoms with Crippen molar-refractivity contribution in [2.45, 2.75) is 24.8 Å². The summed E-state index contributed by atoms with van der Waals surface area (Å²) in [5, 5.41) is 6.46. The minimum atomic E-state index is -0.137. The quantitative estimate of drug-likeness (QED) is 0.738. The molecule has 0 radical (unpaired) electrons.